The highest BCUT2D eigenvalue weighted by atomic mass is 16.5. The lowest BCUT2D eigenvalue weighted by Gasteiger charge is -2.44. The normalized spacial score (nSPS) is 28.0. The molecule has 0 radical (unpaired) electrons. The summed E-state index contributed by atoms with van der Waals surface area (Å²) in [6, 6.07) is 3.23. The van der Waals surface area contributed by atoms with Gasteiger partial charge < -0.3 is 24.8 Å². The summed E-state index contributed by atoms with van der Waals surface area (Å²) in [6.45, 7) is 3.28. The van der Waals surface area contributed by atoms with E-state index in [1.807, 2.05) is 6.92 Å². The zero-order valence-electron chi connectivity index (χ0n) is 16.3. The standard InChI is InChI=1S/C20H29N3O5/c1-2-7-22-19(25)9-16-5-6-17-18(28-16)13-27-12-15(24)11-23(17)20(26)14-4-3-8-21-10-14/h3-4,8,10,15-18,24H,2,5-7,9,11-13H2,1H3,(H,22,25)/t15-,16-,17-,18+/m0/s1. The lowest BCUT2D eigenvalue weighted by molar-refractivity contribution is -0.150. The van der Waals surface area contributed by atoms with Crippen molar-refractivity contribution in [3.8, 4) is 0 Å². The van der Waals surface area contributed by atoms with Crippen molar-refractivity contribution in [1.29, 1.82) is 0 Å². The Hall–Kier alpha value is -2.03. The van der Waals surface area contributed by atoms with E-state index in [1.165, 1.54) is 6.20 Å². The lowest BCUT2D eigenvalue weighted by atomic mass is 9.94. The maximum Gasteiger partial charge on any atom is 0.255 e. The fraction of sp³-hybridized carbons (Fsp3) is 0.650. The van der Waals surface area contributed by atoms with Crippen molar-refractivity contribution in [3.05, 3.63) is 30.1 Å². The van der Waals surface area contributed by atoms with Gasteiger partial charge in [-0.15, -0.1) is 0 Å². The molecule has 0 bridgehead atoms. The number of β-amino-alcohol motifs (C(OH)–C–C–N with tert-alkyl or cyclic N) is 1. The van der Waals surface area contributed by atoms with Crippen LogP contribution in [0.4, 0.5) is 0 Å². The Morgan fingerprint density at radius 2 is 2.21 bits per heavy atom. The molecule has 2 aliphatic heterocycles. The molecule has 0 spiro atoms. The molecule has 3 rings (SSSR count). The number of rotatable bonds is 5. The summed E-state index contributed by atoms with van der Waals surface area (Å²) >= 11 is 0. The van der Waals surface area contributed by atoms with Crippen LogP contribution in [0.5, 0.6) is 0 Å². The molecule has 8 nitrogen and oxygen atoms in total. The molecule has 0 aromatic carbocycles. The van der Waals surface area contributed by atoms with Crippen LogP contribution >= 0.6 is 0 Å². The molecule has 0 unspecified atom stereocenters. The number of hydrogen-bond donors (Lipinski definition) is 2. The van der Waals surface area contributed by atoms with Crippen molar-refractivity contribution < 1.29 is 24.2 Å². The highest BCUT2D eigenvalue weighted by molar-refractivity contribution is 5.94. The third kappa shape index (κ3) is 5.27. The van der Waals surface area contributed by atoms with E-state index in [4.69, 9.17) is 9.47 Å². The molecule has 4 atom stereocenters. The molecule has 2 aliphatic rings. The quantitative estimate of drug-likeness (QED) is 0.768. The van der Waals surface area contributed by atoms with Gasteiger partial charge in [0.1, 0.15) is 6.10 Å². The number of aliphatic hydroxyl groups is 1. The number of nitrogens with zero attached hydrogens (tertiary/aromatic N) is 2. The Labute approximate surface area is 165 Å². The molecule has 0 saturated carbocycles. The maximum atomic E-state index is 13.1. The van der Waals surface area contributed by atoms with Crippen LogP contribution in [-0.2, 0) is 14.3 Å². The fourth-order valence-electron chi connectivity index (χ4n) is 3.77. The van der Waals surface area contributed by atoms with Gasteiger partial charge in [0.05, 0.1) is 43.4 Å². The van der Waals surface area contributed by atoms with E-state index >= 15 is 0 Å². The number of amides is 2. The molecule has 154 valence electrons. The van der Waals surface area contributed by atoms with E-state index in [2.05, 4.69) is 10.3 Å². The van der Waals surface area contributed by atoms with Crippen molar-refractivity contribution in [3.63, 3.8) is 0 Å². The van der Waals surface area contributed by atoms with E-state index < -0.39 is 6.10 Å². The summed E-state index contributed by atoms with van der Waals surface area (Å²) in [7, 11) is 0. The summed E-state index contributed by atoms with van der Waals surface area (Å²) in [6.07, 6.45) is 4.45. The minimum absolute atomic E-state index is 0.0178. The van der Waals surface area contributed by atoms with Gasteiger partial charge in [0.25, 0.3) is 5.91 Å². The predicted octanol–water partition coefficient (Wildman–Crippen LogP) is 0.747. The summed E-state index contributed by atoms with van der Waals surface area (Å²) in [5.74, 6) is -0.192. The Morgan fingerprint density at radius 3 is 2.96 bits per heavy atom. The van der Waals surface area contributed by atoms with Gasteiger partial charge in [-0.05, 0) is 31.4 Å². The van der Waals surface area contributed by atoms with E-state index in [9.17, 15) is 14.7 Å². The summed E-state index contributed by atoms with van der Waals surface area (Å²) in [5.41, 5.74) is 0.482. The topological polar surface area (TPSA) is 101 Å². The van der Waals surface area contributed by atoms with Crippen LogP contribution in [0.2, 0.25) is 0 Å². The summed E-state index contributed by atoms with van der Waals surface area (Å²) < 4.78 is 11.7. The largest absolute Gasteiger partial charge is 0.389 e. The molecule has 28 heavy (non-hydrogen) atoms. The lowest BCUT2D eigenvalue weighted by Crippen LogP contribution is -2.57. The number of fused-ring (bicyclic) bond motifs is 1. The minimum atomic E-state index is -0.751. The van der Waals surface area contributed by atoms with E-state index in [-0.39, 0.29) is 49.8 Å². The number of nitrogens with one attached hydrogen (secondary N) is 1. The molecule has 1 aromatic rings. The van der Waals surface area contributed by atoms with Crippen molar-refractivity contribution in [2.24, 2.45) is 0 Å². The monoisotopic (exact) mass is 391 g/mol. The molecular formula is C20H29N3O5. The summed E-state index contributed by atoms with van der Waals surface area (Å²) in [4.78, 5) is 30.8. The van der Waals surface area contributed by atoms with Gasteiger partial charge in [-0.3, -0.25) is 14.6 Å². The number of hydrogen-bond acceptors (Lipinski definition) is 6. The van der Waals surface area contributed by atoms with Crippen LogP contribution in [0.25, 0.3) is 0 Å². The van der Waals surface area contributed by atoms with Crippen molar-refractivity contribution >= 4 is 11.8 Å². The molecule has 8 heteroatoms. The average molecular weight is 391 g/mol. The van der Waals surface area contributed by atoms with Gasteiger partial charge in [0.2, 0.25) is 5.91 Å². The zero-order valence-corrected chi connectivity index (χ0v) is 16.3. The van der Waals surface area contributed by atoms with Crippen LogP contribution in [0.1, 0.15) is 43.0 Å². The number of carbonyl (C=O) groups excluding carboxylic acids is 2. The molecule has 0 aliphatic carbocycles. The molecule has 2 N–H and O–H groups in total. The number of pyridine rings is 1. The Kier molecular flexibility index (Phi) is 7.36. The van der Waals surface area contributed by atoms with Crippen LogP contribution < -0.4 is 5.32 Å². The van der Waals surface area contributed by atoms with Crippen LogP contribution in [0, 0.1) is 0 Å². The highest BCUT2D eigenvalue weighted by Crippen LogP contribution is 2.28. The smallest absolute Gasteiger partial charge is 0.255 e. The van der Waals surface area contributed by atoms with Gasteiger partial charge >= 0.3 is 0 Å². The van der Waals surface area contributed by atoms with E-state index in [1.54, 1.807) is 23.2 Å². The van der Waals surface area contributed by atoms with Crippen molar-refractivity contribution in [2.75, 3.05) is 26.3 Å². The van der Waals surface area contributed by atoms with Gasteiger partial charge in [0, 0.05) is 25.5 Å². The molecule has 2 saturated heterocycles. The third-order valence-corrected chi connectivity index (χ3v) is 5.14. The highest BCUT2D eigenvalue weighted by Gasteiger charge is 2.40. The average Bonchev–Trinajstić information content (AvgIpc) is 2.70. The first kappa shape index (κ1) is 20.7. The number of ether oxygens (including phenoxy) is 2. The first-order valence-corrected chi connectivity index (χ1v) is 9.97. The van der Waals surface area contributed by atoms with Gasteiger partial charge in [-0.25, -0.2) is 0 Å². The maximum absolute atomic E-state index is 13.1. The second kappa shape index (κ2) is 9.95. The van der Waals surface area contributed by atoms with Gasteiger partial charge in [-0.2, -0.15) is 0 Å². The number of carbonyl (C=O) groups is 2. The van der Waals surface area contributed by atoms with E-state index in [0.717, 1.165) is 6.42 Å². The van der Waals surface area contributed by atoms with Crippen LogP contribution in [0.15, 0.2) is 24.5 Å². The zero-order chi connectivity index (χ0) is 19.9. The van der Waals surface area contributed by atoms with Crippen molar-refractivity contribution in [1.82, 2.24) is 15.2 Å². The van der Waals surface area contributed by atoms with Crippen molar-refractivity contribution in [2.45, 2.75) is 57.0 Å². The first-order chi connectivity index (χ1) is 13.6. The van der Waals surface area contributed by atoms with E-state index in [0.29, 0.717) is 31.4 Å². The SMILES string of the molecule is CCCNC(=O)C[C@@H]1CC[C@H]2[C@@H](COC[C@@H](O)CN2C(=O)c2cccnc2)O1. The molecule has 2 amide bonds. The molecule has 1 aromatic heterocycles. The number of aliphatic hydroxyl groups excluding tert-OH is 1. The second-order valence-electron chi connectivity index (χ2n) is 7.39. The Bertz CT molecular complexity index is 657. The van der Waals surface area contributed by atoms with Gasteiger partial charge in [-0.1, -0.05) is 6.92 Å². The van der Waals surface area contributed by atoms with Gasteiger partial charge in [0.15, 0.2) is 0 Å². The minimum Gasteiger partial charge on any atom is -0.389 e. The predicted molar refractivity (Wildman–Crippen MR) is 102 cm³/mol. The number of aromatic nitrogens is 1. The first-order valence-electron chi connectivity index (χ1n) is 9.97. The Balaban J connectivity index is 1.70. The fourth-order valence-corrected chi connectivity index (χ4v) is 3.77. The Morgan fingerprint density at radius 1 is 1.36 bits per heavy atom. The molecular weight excluding hydrogens is 362 g/mol. The summed E-state index contributed by atoms with van der Waals surface area (Å²) in [5, 5.41) is 13.1. The molecule has 2 fully saturated rings. The van der Waals surface area contributed by atoms with Crippen LogP contribution in [0.3, 0.4) is 0 Å². The van der Waals surface area contributed by atoms with Crippen LogP contribution in [-0.4, -0.2) is 77.5 Å². The third-order valence-electron chi connectivity index (χ3n) is 5.14. The molecule has 3 heterocycles. The second-order valence-corrected chi connectivity index (χ2v) is 7.39.